The lowest BCUT2D eigenvalue weighted by Gasteiger charge is -2.14. The van der Waals surface area contributed by atoms with Crippen LogP contribution in [-0.2, 0) is 6.54 Å². The van der Waals surface area contributed by atoms with Crippen LogP contribution < -0.4 is 15.6 Å². The first kappa shape index (κ1) is 16.7. The van der Waals surface area contributed by atoms with Crippen molar-refractivity contribution in [1.29, 1.82) is 0 Å². The molecule has 25 heavy (non-hydrogen) atoms. The predicted octanol–water partition coefficient (Wildman–Crippen LogP) is 3.28. The zero-order chi connectivity index (χ0) is 18.0. The van der Waals surface area contributed by atoms with Crippen LogP contribution in [0.15, 0.2) is 47.8 Å². The van der Waals surface area contributed by atoms with E-state index in [2.05, 4.69) is 16.9 Å². The van der Waals surface area contributed by atoms with Gasteiger partial charge >= 0.3 is 0 Å². The van der Waals surface area contributed by atoms with E-state index in [1.807, 2.05) is 12.1 Å². The molecule has 0 aliphatic carbocycles. The average Bonchev–Trinajstić information content (AvgIpc) is 2.64. The van der Waals surface area contributed by atoms with Crippen molar-refractivity contribution < 1.29 is 9.13 Å². The minimum atomic E-state index is -0.506. The number of nitrogens with one attached hydrogen (secondary N) is 1. The standard InChI is InChI=1S/C19H18FN3O2/c1-4-13-7-10-15-17(16(13)20)23(19(24)18(21-2)22-15)11-12-5-8-14(25-3)9-6-12/h4-10H,1,11H2,2-3H3,(H,21,22). The number of aromatic nitrogens is 2. The molecule has 1 N–H and O–H groups in total. The summed E-state index contributed by atoms with van der Waals surface area (Å²) >= 11 is 0. The van der Waals surface area contributed by atoms with E-state index in [1.165, 1.54) is 10.6 Å². The van der Waals surface area contributed by atoms with Crippen molar-refractivity contribution in [3.8, 4) is 5.75 Å². The third kappa shape index (κ3) is 2.98. The van der Waals surface area contributed by atoms with E-state index in [-0.39, 0.29) is 23.4 Å². The maximum Gasteiger partial charge on any atom is 0.294 e. The highest BCUT2D eigenvalue weighted by Gasteiger charge is 2.16. The molecule has 1 aromatic heterocycles. The topological polar surface area (TPSA) is 56.2 Å². The number of fused-ring (bicyclic) bond motifs is 1. The van der Waals surface area contributed by atoms with Crippen LogP contribution in [-0.4, -0.2) is 23.7 Å². The van der Waals surface area contributed by atoms with E-state index in [0.29, 0.717) is 16.8 Å². The van der Waals surface area contributed by atoms with Crippen LogP contribution in [0.4, 0.5) is 10.2 Å². The molecular weight excluding hydrogens is 321 g/mol. The molecule has 0 radical (unpaired) electrons. The van der Waals surface area contributed by atoms with Gasteiger partial charge in [-0.25, -0.2) is 9.37 Å². The summed E-state index contributed by atoms with van der Waals surface area (Å²) in [6.07, 6.45) is 1.42. The maximum absolute atomic E-state index is 14.9. The van der Waals surface area contributed by atoms with Crippen molar-refractivity contribution in [3.05, 3.63) is 70.3 Å². The fourth-order valence-electron chi connectivity index (χ4n) is 2.70. The smallest absolute Gasteiger partial charge is 0.294 e. The van der Waals surface area contributed by atoms with E-state index in [1.54, 1.807) is 38.4 Å². The quantitative estimate of drug-likeness (QED) is 0.775. The lowest BCUT2D eigenvalue weighted by atomic mass is 10.1. The number of methoxy groups -OCH3 is 1. The molecule has 2 aromatic carbocycles. The molecule has 0 saturated heterocycles. The summed E-state index contributed by atoms with van der Waals surface area (Å²) in [4.78, 5) is 16.9. The summed E-state index contributed by atoms with van der Waals surface area (Å²) in [5, 5.41) is 2.77. The molecule has 5 nitrogen and oxygen atoms in total. The highest BCUT2D eigenvalue weighted by atomic mass is 19.1. The Morgan fingerprint density at radius 1 is 1.28 bits per heavy atom. The zero-order valence-electron chi connectivity index (χ0n) is 14.0. The number of hydrogen-bond donors (Lipinski definition) is 1. The summed E-state index contributed by atoms with van der Waals surface area (Å²) in [5.41, 5.74) is 1.36. The minimum Gasteiger partial charge on any atom is -0.497 e. The molecule has 0 aliphatic rings. The van der Waals surface area contributed by atoms with E-state index < -0.39 is 5.82 Å². The first-order chi connectivity index (χ1) is 12.1. The van der Waals surface area contributed by atoms with Gasteiger partial charge in [-0.1, -0.05) is 24.8 Å². The summed E-state index contributed by atoms with van der Waals surface area (Å²) < 4.78 is 21.4. The maximum atomic E-state index is 14.9. The van der Waals surface area contributed by atoms with Gasteiger partial charge in [0.25, 0.3) is 5.56 Å². The number of rotatable bonds is 5. The average molecular weight is 339 g/mol. The number of hydrogen-bond acceptors (Lipinski definition) is 4. The largest absolute Gasteiger partial charge is 0.497 e. The van der Waals surface area contributed by atoms with Crippen LogP contribution in [0.1, 0.15) is 11.1 Å². The van der Waals surface area contributed by atoms with Crippen molar-refractivity contribution in [3.63, 3.8) is 0 Å². The van der Waals surface area contributed by atoms with Crippen molar-refractivity contribution in [2.24, 2.45) is 0 Å². The van der Waals surface area contributed by atoms with Gasteiger partial charge in [-0.2, -0.15) is 0 Å². The van der Waals surface area contributed by atoms with Gasteiger partial charge in [-0.15, -0.1) is 0 Å². The van der Waals surface area contributed by atoms with Crippen LogP contribution in [0, 0.1) is 5.82 Å². The summed E-state index contributed by atoms with van der Waals surface area (Å²) in [6, 6.07) is 10.6. The number of benzene rings is 2. The Hall–Kier alpha value is -3.15. The second kappa shape index (κ2) is 6.76. The van der Waals surface area contributed by atoms with Gasteiger partial charge in [0, 0.05) is 12.6 Å². The van der Waals surface area contributed by atoms with Crippen molar-refractivity contribution in [2.75, 3.05) is 19.5 Å². The lowest BCUT2D eigenvalue weighted by molar-refractivity contribution is 0.414. The van der Waals surface area contributed by atoms with E-state index in [9.17, 15) is 9.18 Å². The van der Waals surface area contributed by atoms with Crippen molar-refractivity contribution >= 4 is 22.9 Å². The highest BCUT2D eigenvalue weighted by Crippen LogP contribution is 2.22. The van der Waals surface area contributed by atoms with Gasteiger partial charge in [0.05, 0.1) is 19.2 Å². The zero-order valence-corrected chi connectivity index (χ0v) is 14.0. The Labute approximate surface area is 144 Å². The second-order valence-corrected chi connectivity index (χ2v) is 5.49. The van der Waals surface area contributed by atoms with Gasteiger partial charge in [-0.05, 0) is 29.8 Å². The predicted molar refractivity (Wildman–Crippen MR) is 97.7 cm³/mol. The van der Waals surface area contributed by atoms with Gasteiger partial charge in [0.2, 0.25) is 0 Å². The van der Waals surface area contributed by atoms with Crippen LogP contribution in [0.25, 0.3) is 17.1 Å². The molecule has 0 fully saturated rings. The van der Waals surface area contributed by atoms with Crippen molar-refractivity contribution in [1.82, 2.24) is 9.55 Å². The second-order valence-electron chi connectivity index (χ2n) is 5.49. The molecular formula is C19H18FN3O2. The van der Waals surface area contributed by atoms with Gasteiger partial charge in [0.1, 0.15) is 11.3 Å². The normalized spacial score (nSPS) is 10.7. The molecule has 0 spiro atoms. The molecule has 6 heteroatoms. The van der Waals surface area contributed by atoms with Gasteiger partial charge < -0.3 is 10.1 Å². The molecule has 0 saturated carbocycles. The number of anilines is 1. The Morgan fingerprint density at radius 3 is 2.60 bits per heavy atom. The molecule has 0 amide bonds. The molecule has 128 valence electrons. The minimum absolute atomic E-state index is 0.164. The fourth-order valence-corrected chi connectivity index (χ4v) is 2.70. The number of ether oxygens (including phenoxy) is 1. The molecule has 1 heterocycles. The molecule has 0 unspecified atom stereocenters. The summed E-state index contributed by atoms with van der Waals surface area (Å²) in [6.45, 7) is 3.83. The Kier molecular flexibility index (Phi) is 4.52. The summed E-state index contributed by atoms with van der Waals surface area (Å²) in [5.74, 6) is 0.381. The van der Waals surface area contributed by atoms with Crippen LogP contribution in [0.5, 0.6) is 5.75 Å². The van der Waals surface area contributed by atoms with E-state index in [0.717, 1.165) is 5.56 Å². The Balaban J connectivity index is 2.24. The third-order valence-electron chi connectivity index (χ3n) is 4.03. The molecule has 0 aliphatic heterocycles. The van der Waals surface area contributed by atoms with Crippen LogP contribution >= 0.6 is 0 Å². The highest BCUT2D eigenvalue weighted by molar-refractivity contribution is 5.80. The van der Waals surface area contributed by atoms with Crippen LogP contribution in [0.2, 0.25) is 0 Å². The van der Waals surface area contributed by atoms with Gasteiger partial charge in [0.15, 0.2) is 11.6 Å². The lowest BCUT2D eigenvalue weighted by Crippen LogP contribution is -2.26. The monoisotopic (exact) mass is 339 g/mol. The summed E-state index contributed by atoms with van der Waals surface area (Å²) in [7, 11) is 3.20. The number of halogens is 1. The molecule has 0 bridgehead atoms. The Bertz CT molecular complexity index is 994. The third-order valence-corrected chi connectivity index (χ3v) is 4.03. The fraction of sp³-hybridized carbons (Fsp3) is 0.158. The molecule has 3 rings (SSSR count). The first-order valence-electron chi connectivity index (χ1n) is 7.75. The molecule has 0 atom stereocenters. The van der Waals surface area contributed by atoms with Crippen molar-refractivity contribution in [2.45, 2.75) is 6.54 Å². The van der Waals surface area contributed by atoms with E-state index >= 15 is 0 Å². The van der Waals surface area contributed by atoms with E-state index in [4.69, 9.17) is 4.74 Å². The molecule has 3 aromatic rings. The van der Waals surface area contributed by atoms with Crippen LogP contribution in [0.3, 0.4) is 0 Å². The Morgan fingerprint density at radius 2 is 2.00 bits per heavy atom. The number of nitrogens with zero attached hydrogens (tertiary/aromatic N) is 2. The van der Waals surface area contributed by atoms with Gasteiger partial charge in [-0.3, -0.25) is 9.36 Å². The SMILES string of the molecule is C=Cc1ccc2nc(NC)c(=O)n(Cc3ccc(OC)cc3)c2c1F. The first-order valence-corrected chi connectivity index (χ1v) is 7.75.